The molecule has 0 aromatic heterocycles. The van der Waals surface area contributed by atoms with E-state index in [1.165, 1.54) is 5.56 Å². The van der Waals surface area contributed by atoms with Gasteiger partial charge in [-0.25, -0.2) is 0 Å². The number of benzene rings is 1. The lowest BCUT2D eigenvalue weighted by atomic mass is 9.99. The van der Waals surface area contributed by atoms with Crippen molar-refractivity contribution in [1.29, 1.82) is 0 Å². The second-order valence-corrected chi connectivity index (χ2v) is 4.94. The highest BCUT2D eigenvalue weighted by molar-refractivity contribution is 5.28. The molecule has 0 heterocycles. The normalized spacial score (nSPS) is 12.7. The maximum atomic E-state index is 5.29. The van der Waals surface area contributed by atoms with Crippen LogP contribution in [0.25, 0.3) is 0 Å². The van der Waals surface area contributed by atoms with Gasteiger partial charge < -0.3 is 14.8 Å². The Morgan fingerprint density at radius 3 is 2.61 bits per heavy atom. The average molecular weight is 251 g/mol. The molecule has 0 fully saturated rings. The van der Waals surface area contributed by atoms with Crippen molar-refractivity contribution in [2.45, 2.75) is 26.3 Å². The van der Waals surface area contributed by atoms with Gasteiger partial charge in [0, 0.05) is 19.7 Å². The standard InChI is InChI=1S/C15H25NO2/c1-12(2)16-10-14(11-17-3)8-13-6-5-7-15(9-13)18-4/h5-7,9,12,14,16H,8,10-11H2,1-4H3. The van der Waals surface area contributed by atoms with Crippen LogP contribution in [0, 0.1) is 5.92 Å². The van der Waals surface area contributed by atoms with Gasteiger partial charge in [-0.15, -0.1) is 0 Å². The molecule has 1 rings (SSSR count). The summed E-state index contributed by atoms with van der Waals surface area (Å²) in [5.74, 6) is 1.41. The molecule has 1 aromatic rings. The van der Waals surface area contributed by atoms with E-state index >= 15 is 0 Å². The summed E-state index contributed by atoms with van der Waals surface area (Å²) in [7, 11) is 3.46. The molecule has 3 heteroatoms. The largest absolute Gasteiger partial charge is 0.497 e. The van der Waals surface area contributed by atoms with Gasteiger partial charge in [-0.2, -0.15) is 0 Å². The highest BCUT2D eigenvalue weighted by atomic mass is 16.5. The molecule has 1 atom stereocenters. The van der Waals surface area contributed by atoms with Gasteiger partial charge in [0.1, 0.15) is 5.75 Å². The van der Waals surface area contributed by atoms with Gasteiger partial charge >= 0.3 is 0 Å². The molecule has 0 aliphatic rings. The van der Waals surface area contributed by atoms with Crippen LogP contribution in [-0.2, 0) is 11.2 Å². The highest BCUT2D eigenvalue weighted by Gasteiger charge is 2.10. The molecule has 0 amide bonds. The minimum atomic E-state index is 0.490. The lowest BCUT2D eigenvalue weighted by Gasteiger charge is -2.19. The second kappa shape index (κ2) is 8.11. The Bertz CT molecular complexity index is 339. The van der Waals surface area contributed by atoms with Crippen molar-refractivity contribution in [2.24, 2.45) is 5.92 Å². The molecule has 0 radical (unpaired) electrons. The Morgan fingerprint density at radius 1 is 1.22 bits per heavy atom. The SMILES string of the molecule is COCC(CNC(C)C)Cc1cccc(OC)c1. The molecule has 0 spiro atoms. The first kappa shape index (κ1) is 15.0. The molecule has 0 aliphatic heterocycles. The zero-order valence-corrected chi connectivity index (χ0v) is 11.9. The van der Waals surface area contributed by atoms with E-state index in [4.69, 9.17) is 9.47 Å². The third-order valence-electron chi connectivity index (χ3n) is 2.88. The van der Waals surface area contributed by atoms with Crippen LogP contribution in [-0.4, -0.2) is 33.4 Å². The zero-order chi connectivity index (χ0) is 13.4. The average Bonchev–Trinajstić information content (AvgIpc) is 2.36. The second-order valence-electron chi connectivity index (χ2n) is 4.94. The summed E-state index contributed by atoms with van der Waals surface area (Å²) in [6, 6.07) is 8.75. The van der Waals surface area contributed by atoms with E-state index < -0.39 is 0 Å². The summed E-state index contributed by atoms with van der Waals surface area (Å²) < 4.78 is 10.5. The quantitative estimate of drug-likeness (QED) is 0.770. The van der Waals surface area contributed by atoms with Crippen LogP contribution < -0.4 is 10.1 Å². The van der Waals surface area contributed by atoms with Crippen LogP contribution in [0.15, 0.2) is 24.3 Å². The van der Waals surface area contributed by atoms with Crippen molar-refractivity contribution in [3.63, 3.8) is 0 Å². The van der Waals surface area contributed by atoms with Crippen molar-refractivity contribution in [3.8, 4) is 5.75 Å². The van der Waals surface area contributed by atoms with Crippen molar-refractivity contribution < 1.29 is 9.47 Å². The first-order valence-corrected chi connectivity index (χ1v) is 6.51. The fraction of sp³-hybridized carbons (Fsp3) is 0.600. The topological polar surface area (TPSA) is 30.5 Å². The summed E-state index contributed by atoms with van der Waals surface area (Å²) in [5, 5.41) is 3.47. The third-order valence-corrected chi connectivity index (χ3v) is 2.88. The van der Waals surface area contributed by atoms with Crippen LogP contribution in [0.3, 0.4) is 0 Å². The first-order valence-electron chi connectivity index (χ1n) is 6.51. The number of hydrogen-bond donors (Lipinski definition) is 1. The van der Waals surface area contributed by atoms with Crippen LogP contribution in [0.2, 0.25) is 0 Å². The first-order chi connectivity index (χ1) is 8.65. The minimum Gasteiger partial charge on any atom is -0.497 e. The molecule has 1 N–H and O–H groups in total. The van der Waals surface area contributed by atoms with E-state index in [1.807, 2.05) is 12.1 Å². The van der Waals surface area contributed by atoms with Gasteiger partial charge in [-0.3, -0.25) is 0 Å². The summed E-state index contributed by atoms with van der Waals surface area (Å²) in [6.07, 6.45) is 1.00. The highest BCUT2D eigenvalue weighted by Crippen LogP contribution is 2.16. The maximum Gasteiger partial charge on any atom is 0.119 e. The molecule has 0 aliphatic carbocycles. The number of ether oxygens (including phenoxy) is 2. The summed E-state index contributed by atoms with van der Waals surface area (Å²) in [4.78, 5) is 0. The Kier molecular flexibility index (Phi) is 6.76. The van der Waals surface area contributed by atoms with Crippen LogP contribution >= 0.6 is 0 Å². The summed E-state index contributed by atoms with van der Waals surface area (Å²) >= 11 is 0. The van der Waals surface area contributed by atoms with Gasteiger partial charge in [0.25, 0.3) is 0 Å². The predicted molar refractivity (Wildman–Crippen MR) is 75.2 cm³/mol. The molecule has 1 unspecified atom stereocenters. The van der Waals surface area contributed by atoms with E-state index in [9.17, 15) is 0 Å². The number of hydrogen-bond acceptors (Lipinski definition) is 3. The molecule has 0 bridgehead atoms. The van der Waals surface area contributed by atoms with Crippen LogP contribution in [0.1, 0.15) is 19.4 Å². The van der Waals surface area contributed by atoms with Gasteiger partial charge in [-0.05, 0) is 30.0 Å². The Balaban J connectivity index is 2.57. The van der Waals surface area contributed by atoms with Crippen LogP contribution in [0.5, 0.6) is 5.75 Å². The molecular weight excluding hydrogens is 226 g/mol. The molecule has 102 valence electrons. The Morgan fingerprint density at radius 2 is 2.00 bits per heavy atom. The number of methoxy groups -OCH3 is 2. The lowest BCUT2D eigenvalue weighted by molar-refractivity contribution is 0.149. The molecular formula is C15H25NO2. The van der Waals surface area contributed by atoms with E-state index in [0.717, 1.165) is 25.3 Å². The van der Waals surface area contributed by atoms with E-state index in [0.29, 0.717) is 12.0 Å². The van der Waals surface area contributed by atoms with Crippen molar-refractivity contribution in [1.82, 2.24) is 5.32 Å². The maximum absolute atomic E-state index is 5.29. The van der Waals surface area contributed by atoms with Crippen molar-refractivity contribution in [2.75, 3.05) is 27.4 Å². The van der Waals surface area contributed by atoms with Crippen LogP contribution in [0.4, 0.5) is 0 Å². The molecule has 0 saturated carbocycles. The lowest BCUT2D eigenvalue weighted by Crippen LogP contribution is -2.32. The van der Waals surface area contributed by atoms with Gasteiger partial charge in [0.05, 0.1) is 13.7 Å². The summed E-state index contributed by atoms with van der Waals surface area (Å²) in [6.45, 7) is 6.07. The van der Waals surface area contributed by atoms with Crippen molar-refractivity contribution >= 4 is 0 Å². The fourth-order valence-corrected chi connectivity index (χ4v) is 1.96. The van der Waals surface area contributed by atoms with Gasteiger partial charge in [-0.1, -0.05) is 26.0 Å². The summed E-state index contributed by atoms with van der Waals surface area (Å²) in [5.41, 5.74) is 1.29. The molecule has 18 heavy (non-hydrogen) atoms. The number of nitrogens with one attached hydrogen (secondary N) is 1. The minimum absolute atomic E-state index is 0.490. The Labute approximate surface area is 110 Å². The Hall–Kier alpha value is -1.06. The zero-order valence-electron chi connectivity index (χ0n) is 11.9. The van der Waals surface area contributed by atoms with E-state index in [-0.39, 0.29) is 0 Å². The smallest absolute Gasteiger partial charge is 0.119 e. The molecule has 0 saturated heterocycles. The van der Waals surface area contributed by atoms with Crippen molar-refractivity contribution in [3.05, 3.63) is 29.8 Å². The molecule has 3 nitrogen and oxygen atoms in total. The van der Waals surface area contributed by atoms with Gasteiger partial charge in [0.15, 0.2) is 0 Å². The van der Waals surface area contributed by atoms with E-state index in [1.54, 1.807) is 14.2 Å². The van der Waals surface area contributed by atoms with Gasteiger partial charge in [0.2, 0.25) is 0 Å². The third kappa shape index (κ3) is 5.52. The van der Waals surface area contributed by atoms with E-state index in [2.05, 4.69) is 31.3 Å². The monoisotopic (exact) mass is 251 g/mol. The predicted octanol–water partition coefficient (Wildman–Crippen LogP) is 2.50. The molecule has 1 aromatic carbocycles. The number of rotatable bonds is 8. The fourth-order valence-electron chi connectivity index (χ4n) is 1.96.